The van der Waals surface area contributed by atoms with Crippen molar-refractivity contribution >= 4 is 34.6 Å². The standard InChI is InChI=1S/C9H9Cl2FN2O/c1-5(10)4-15-14-9-3-8(13)7(12)2-6(9)11/h2-3,14H,1,4,13H2. The van der Waals surface area contributed by atoms with Gasteiger partial charge in [-0.15, -0.1) is 0 Å². The SMILES string of the molecule is C=C(Cl)CONc1cc(N)c(F)cc1Cl. The molecule has 3 N–H and O–H groups in total. The molecule has 0 aliphatic rings. The highest BCUT2D eigenvalue weighted by Gasteiger charge is 2.06. The zero-order valence-electron chi connectivity index (χ0n) is 7.69. The van der Waals surface area contributed by atoms with Crippen LogP contribution in [-0.2, 0) is 4.84 Å². The Kier molecular flexibility index (Phi) is 4.20. The molecule has 0 heterocycles. The third-order valence-corrected chi connectivity index (χ3v) is 1.92. The minimum Gasteiger partial charge on any atom is -0.396 e. The van der Waals surface area contributed by atoms with Gasteiger partial charge < -0.3 is 5.73 Å². The molecule has 15 heavy (non-hydrogen) atoms. The highest BCUT2D eigenvalue weighted by Crippen LogP contribution is 2.26. The van der Waals surface area contributed by atoms with Crippen LogP contribution in [0.15, 0.2) is 23.7 Å². The second-order valence-electron chi connectivity index (χ2n) is 2.76. The van der Waals surface area contributed by atoms with Gasteiger partial charge in [0.2, 0.25) is 0 Å². The summed E-state index contributed by atoms with van der Waals surface area (Å²) in [7, 11) is 0. The van der Waals surface area contributed by atoms with Gasteiger partial charge in [0, 0.05) is 5.03 Å². The van der Waals surface area contributed by atoms with Crippen LogP contribution in [0, 0.1) is 5.82 Å². The number of benzene rings is 1. The maximum absolute atomic E-state index is 12.9. The van der Waals surface area contributed by atoms with E-state index in [0.717, 1.165) is 6.07 Å². The molecule has 82 valence electrons. The lowest BCUT2D eigenvalue weighted by molar-refractivity contribution is 0.225. The molecule has 0 saturated heterocycles. The van der Waals surface area contributed by atoms with Crippen molar-refractivity contribution < 1.29 is 9.23 Å². The summed E-state index contributed by atoms with van der Waals surface area (Å²) in [6.07, 6.45) is 0. The largest absolute Gasteiger partial charge is 0.396 e. The Hall–Kier alpha value is -0.970. The van der Waals surface area contributed by atoms with Crippen LogP contribution in [0.1, 0.15) is 0 Å². The normalized spacial score (nSPS) is 10.1. The lowest BCUT2D eigenvalue weighted by atomic mass is 10.3. The minimum absolute atomic E-state index is 0.0183. The third-order valence-electron chi connectivity index (χ3n) is 1.50. The number of nitrogens with one attached hydrogen (secondary N) is 1. The van der Waals surface area contributed by atoms with Gasteiger partial charge >= 0.3 is 0 Å². The van der Waals surface area contributed by atoms with Crippen molar-refractivity contribution in [3.8, 4) is 0 Å². The van der Waals surface area contributed by atoms with Gasteiger partial charge in [-0.3, -0.25) is 10.3 Å². The van der Waals surface area contributed by atoms with E-state index in [1.807, 2.05) is 0 Å². The first-order valence-electron chi connectivity index (χ1n) is 3.96. The molecule has 1 aromatic carbocycles. The summed E-state index contributed by atoms with van der Waals surface area (Å²) in [6.45, 7) is 3.53. The van der Waals surface area contributed by atoms with E-state index in [4.69, 9.17) is 33.8 Å². The molecule has 0 unspecified atom stereocenters. The minimum atomic E-state index is -0.577. The number of halogens is 3. The van der Waals surface area contributed by atoms with E-state index < -0.39 is 5.82 Å². The van der Waals surface area contributed by atoms with E-state index >= 15 is 0 Å². The number of nitrogen functional groups attached to an aromatic ring is 1. The van der Waals surface area contributed by atoms with Crippen molar-refractivity contribution in [3.05, 3.63) is 34.6 Å². The van der Waals surface area contributed by atoms with Gasteiger partial charge in [-0.25, -0.2) is 4.39 Å². The summed E-state index contributed by atoms with van der Waals surface area (Å²) < 4.78 is 12.9. The Morgan fingerprint density at radius 1 is 1.60 bits per heavy atom. The molecule has 0 aliphatic heterocycles. The average molecular weight is 251 g/mol. The second-order valence-corrected chi connectivity index (χ2v) is 3.70. The molecule has 6 heteroatoms. The molecule has 0 spiro atoms. The van der Waals surface area contributed by atoms with Crippen molar-refractivity contribution in [1.29, 1.82) is 0 Å². The summed E-state index contributed by atoms with van der Waals surface area (Å²) >= 11 is 11.2. The summed E-state index contributed by atoms with van der Waals surface area (Å²) in [4.78, 5) is 4.91. The molecule has 0 fully saturated rings. The summed E-state index contributed by atoms with van der Waals surface area (Å²) in [5.41, 5.74) is 8.19. The maximum atomic E-state index is 12.9. The first-order chi connectivity index (χ1) is 7.00. The number of rotatable bonds is 4. The van der Waals surface area contributed by atoms with E-state index in [2.05, 4.69) is 12.1 Å². The number of hydrogen-bond donors (Lipinski definition) is 2. The van der Waals surface area contributed by atoms with E-state index in [1.165, 1.54) is 6.07 Å². The van der Waals surface area contributed by atoms with Gasteiger partial charge in [0.05, 0.1) is 16.4 Å². The van der Waals surface area contributed by atoms with Gasteiger partial charge in [-0.2, -0.15) is 0 Å². The molecule has 0 amide bonds. The van der Waals surface area contributed by atoms with Crippen LogP contribution in [-0.4, -0.2) is 6.61 Å². The van der Waals surface area contributed by atoms with Gasteiger partial charge in [-0.1, -0.05) is 29.8 Å². The quantitative estimate of drug-likeness (QED) is 0.638. The second kappa shape index (κ2) is 5.21. The molecule has 0 aliphatic carbocycles. The Labute approximate surface area is 96.6 Å². The van der Waals surface area contributed by atoms with Crippen molar-refractivity contribution in [1.82, 2.24) is 0 Å². The summed E-state index contributed by atoms with van der Waals surface area (Å²) in [6, 6.07) is 2.42. The Morgan fingerprint density at radius 3 is 2.87 bits per heavy atom. The van der Waals surface area contributed by atoms with Crippen LogP contribution in [0.5, 0.6) is 0 Å². The van der Waals surface area contributed by atoms with Gasteiger partial charge in [-0.05, 0) is 12.1 Å². The molecule has 0 saturated carbocycles. The topological polar surface area (TPSA) is 47.3 Å². The first-order valence-corrected chi connectivity index (χ1v) is 4.72. The molecule has 0 bridgehead atoms. The Balaban J connectivity index is 2.69. The predicted octanol–water partition coefficient (Wildman–Crippen LogP) is 3.16. The van der Waals surface area contributed by atoms with Crippen LogP contribution in [0.25, 0.3) is 0 Å². The smallest absolute Gasteiger partial charge is 0.147 e. The van der Waals surface area contributed by atoms with Crippen LogP contribution in [0.4, 0.5) is 15.8 Å². The van der Waals surface area contributed by atoms with Crippen LogP contribution >= 0.6 is 23.2 Å². The molecule has 1 aromatic rings. The molecular formula is C9H9Cl2FN2O. The first kappa shape index (κ1) is 12.1. The van der Waals surface area contributed by atoms with Crippen molar-refractivity contribution in [3.63, 3.8) is 0 Å². The fourth-order valence-electron chi connectivity index (χ4n) is 0.836. The highest BCUT2D eigenvalue weighted by molar-refractivity contribution is 6.33. The summed E-state index contributed by atoms with van der Waals surface area (Å²) in [5.74, 6) is -0.577. The molecular weight excluding hydrogens is 242 g/mol. The fourth-order valence-corrected chi connectivity index (χ4v) is 1.08. The van der Waals surface area contributed by atoms with Crippen LogP contribution in [0.3, 0.4) is 0 Å². The maximum Gasteiger partial charge on any atom is 0.147 e. The van der Waals surface area contributed by atoms with E-state index in [9.17, 15) is 4.39 Å². The van der Waals surface area contributed by atoms with Crippen molar-refractivity contribution in [2.24, 2.45) is 0 Å². The highest BCUT2D eigenvalue weighted by atomic mass is 35.5. The average Bonchev–Trinajstić information content (AvgIpc) is 2.13. The molecule has 0 radical (unpaired) electrons. The third kappa shape index (κ3) is 3.58. The molecule has 1 rings (SSSR count). The number of hydrogen-bond acceptors (Lipinski definition) is 3. The Bertz CT molecular complexity index is 385. The van der Waals surface area contributed by atoms with E-state index in [1.54, 1.807) is 0 Å². The van der Waals surface area contributed by atoms with Crippen LogP contribution < -0.4 is 11.2 Å². The fraction of sp³-hybridized carbons (Fsp3) is 0.111. The predicted molar refractivity (Wildman–Crippen MR) is 60.4 cm³/mol. The lowest BCUT2D eigenvalue weighted by Gasteiger charge is -2.09. The van der Waals surface area contributed by atoms with Crippen molar-refractivity contribution in [2.45, 2.75) is 0 Å². The zero-order valence-corrected chi connectivity index (χ0v) is 9.20. The zero-order chi connectivity index (χ0) is 11.4. The lowest BCUT2D eigenvalue weighted by Crippen LogP contribution is -2.04. The van der Waals surface area contributed by atoms with Gasteiger partial charge in [0.25, 0.3) is 0 Å². The molecule has 3 nitrogen and oxygen atoms in total. The monoisotopic (exact) mass is 250 g/mol. The van der Waals surface area contributed by atoms with E-state index in [-0.39, 0.29) is 17.3 Å². The van der Waals surface area contributed by atoms with E-state index in [0.29, 0.717) is 10.7 Å². The van der Waals surface area contributed by atoms with Crippen LogP contribution in [0.2, 0.25) is 5.02 Å². The van der Waals surface area contributed by atoms with Crippen molar-refractivity contribution in [2.75, 3.05) is 17.8 Å². The number of nitrogens with two attached hydrogens (primary N) is 1. The molecule has 0 atom stereocenters. The summed E-state index contributed by atoms with van der Waals surface area (Å²) in [5, 5.41) is 0.496. The molecule has 0 aromatic heterocycles. The van der Waals surface area contributed by atoms with Gasteiger partial charge in [0.15, 0.2) is 0 Å². The Morgan fingerprint density at radius 2 is 2.27 bits per heavy atom. The number of anilines is 2. The van der Waals surface area contributed by atoms with Gasteiger partial charge in [0.1, 0.15) is 12.4 Å².